The van der Waals surface area contributed by atoms with Gasteiger partial charge in [0, 0.05) is 17.0 Å². The summed E-state index contributed by atoms with van der Waals surface area (Å²) in [4.78, 5) is 55.6. The van der Waals surface area contributed by atoms with Crippen molar-refractivity contribution < 1.29 is 61.8 Å². The Hall–Kier alpha value is -6.24. The van der Waals surface area contributed by atoms with Gasteiger partial charge in [-0.2, -0.15) is 0 Å². The lowest BCUT2D eigenvalue weighted by Gasteiger charge is -2.38. The largest absolute Gasteiger partial charge is 0.493 e. The second-order valence-electron chi connectivity index (χ2n) is 12.2. The molecular weight excluding hydrogens is 688 g/mol. The Morgan fingerprint density at radius 1 is 0.642 bits per heavy atom. The van der Waals surface area contributed by atoms with Gasteiger partial charge in [-0.15, -0.1) is 0 Å². The fraction of sp³-hybridized carbons (Fsp3) is 0.300. The van der Waals surface area contributed by atoms with Crippen molar-refractivity contribution in [3.8, 4) is 28.7 Å². The molecule has 0 spiro atoms. The molecule has 0 fully saturated rings. The van der Waals surface area contributed by atoms with E-state index in [-0.39, 0.29) is 24.7 Å². The number of hydrogen-bond donors (Lipinski definition) is 0. The van der Waals surface area contributed by atoms with Crippen molar-refractivity contribution in [2.45, 2.75) is 24.5 Å². The van der Waals surface area contributed by atoms with Gasteiger partial charge in [0.05, 0.1) is 47.4 Å². The first-order valence-corrected chi connectivity index (χ1v) is 16.6. The zero-order chi connectivity index (χ0) is 37.6. The van der Waals surface area contributed by atoms with Crippen LogP contribution in [-0.4, -0.2) is 66.2 Å². The molecule has 0 N–H and O–H groups in total. The fourth-order valence-corrected chi connectivity index (χ4v) is 6.83. The third kappa shape index (κ3) is 7.27. The summed E-state index contributed by atoms with van der Waals surface area (Å²) in [5, 5.41) is 0. The average Bonchev–Trinajstić information content (AvgIpc) is 3.67. The average molecular weight is 727 g/mol. The number of ether oxygens (including phenoxy) is 9. The number of carbonyl (C=O) groups is 4. The highest BCUT2D eigenvalue weighted by Gasteiger charge is 2.50. The van der Waals surface area contributed by atoms with Crippen LogP contribution in [0.1, 0.15) is 45.9 Å². The zero-order valence-corrected chi connectivity index (χ0v) is 29.7. The van der Waals surface area contributed by atoms with Gasteiger partial charge in [0.15, 0.2) is 23.0 Å². The van der Waals surface area contributed by atoms with Crippen LogP contribution in [0.25, 0.3) is 0 Å². The van der Waals surface area contributed by atoms with Crippen molar-refractivity contribution in [3.05, 3.63) is 113 Å². The number of benzene rings is 4. The van der Waals surface area contributed by atoms with E-state index in [2.05, 4.69) is 0 Å². The van der Waals surface area contributed by atoms with Crippen molar-refractivity contribution >= 4 is 23.9 Å². The third-order valence-electron chi connectivity index (χ3n) is 9.33. The van der Waals surface area contributed by atoms with E-state index in [1.807, 2.05) is 0 Å². The lowest BCUT2D eigenvalue weighted by Crippen LogP contribution is -2.43. The maximum Gasteiger partial charge on any atom is 0.351 e. The molecule has 1 heterocycles. The standard InChI is InChI=1S/C40H38O13/c1-45-30-18-25(19-31(46-2)36(30)47-3)32-26-20-29-28(50-21-51-29)17-24(26)16-27(37(41)52-34(39(43)48-4)22-12-8-6-9-13-22)33(32)38(42)53-35(40(44)49-5)23-14-10-7-11-15-23/h6-15,17-20,27,32-35H,16,21H2,1-5H3/t27-,32-,33+,34+,35+/m1/s1. The molecule has 5 atom stereocenters. The Bertz CT molecular complexity index is 1950. The summed E-state index contributed by atoms with van der Waals surface area (Å²) >= 11 is 0. The summed E-state index contributed by atoms with van der Waals surface area (Å²) in [6.07, 6.45) is -2.96. The lowest BCUT2D eigenvalue weighted by atomic mass is 9.66. The first kappa shape index (κ1) is 36.5. The van der Waals surface area contributed by atoms with Gasteiger partial charge in [-0.3, -0.25) is 9.59 Å². The molecule has 6 rings (SSSR count). The summed E-state index contributed by atoms with van der Waals surface area (Å²) < 4.78 is 50.4. The van der Waals surface area contributed by atoms with Crippen LogP contribution in [0, 0.1) is 11.8 Å². The minimum absolute atomic E-state index is 0.0280. The van der Waals surface area contributed by atoms with Crippen LogP contribution < -0.4 is 23.7 Å². The summed E-state index contributed by atoms with van der Waals surface area (Å²) in [5.41, 5.74) is 2.44. The van der Waals surface area contributed by atoms with Crippen LogP contribution in [0.4, 0.5) is 0 Å². The van der Waals surface area contributed by atoms with Gasteiger partial charge in [-0.25, -0.2) is 9.59 Å². The number of hydrogen-bond acceptors (Lipinski definition) is 13. The molecule has 2 aliphatic rings. The minimum atomic E-state index is -1.48. The van der Waals surface area contributed by atoms with Gasteiger partial charge in [-0.05, 0) is 47.4 Å². The van der Waals surface area contributed by atoms with E-state index in [0.29, 0.717) is 45.1 Å². The van der Waals surface area contributed by atoms with Crippen molar-refractivity contribution in [2.24, 2.45) is 11.8 Å². The first-order valence-electron chi connectivity index (χ1n) is 16.6. The molecular formula is C40H38O13. The fourth-order valence-electron chi connectivity index (χ4n) is 6.83. The first-order chi connectivity index (χ1) is 25.7. The molecule has 0 unspecified atom stereocenters. The molecule has 4 aromatic carbocycles. The zero-order valence-electron chi connectivity index (χ0n) is 29.7. The maximum atomic E-state index is 14.8. The topological polar surface area (TPSA) is 151 Å². The molecule has 0 radical (unpaired) electrons. The summed E-state index contributed by atoms with van der Waals surface area (Å²) in [7, 11) is 6.74. The Labute approximate surface area is 305 Å². The van der Waals surface area contributed by atoms with Crippen LogP contribution in [0.2, 0.25) is 0 Å². The SMILES string of the molecule is COC(=O)[C@@H](OC(=O)[C@@H]1[C@H](c2cc(OC)c(OC)c(OC)c2)c2cc3c(cc2C[C@H]1C(=O)O[C@H](C(=O)OC)c1ccccc1)OCO3)c1ccccc1. The highest BCUT2D eigenvalue weighted by Crippen LogP contribution is 2.52. The molecule has 53 heavy (non-hydrogen) atoms. The van der Waals surface area contributed by atoms with Gasteiger partial charge in [0.25, 0.3) is 0 Å². The van der Waals surface area contributed by atoms with E-state index in [4.69, 9.17) is 42.6 Å². The smallest absolute Gasteiger partial charge is 0.351 e. The molecule has 0 amide bonds. The quantitative estimate of drug-likeness (QED) is 0.138. The van der Waals surface area contributed by atoms with Crippen molar-refractivity contribution in [1.29, 1.82) is 0 Å². The number of carbonyl (C=O) groups excluding carboxylic acids is 4. The molecule has 4 aromatic rings. The van der Waals surface area contributed by atoms with Crippen LogP contribution >= 0.6 is 0 Å². The number of methoxy groups -OCH3 is 5. The summed E-state index contributed by atoms with van der Waals surface area (Å²) in [6, 6.07) is 23.6. The molecule has 276 valence electrons. The molecule has 0 aromatic heterocycles. The normalized spacial score (nSPS) is 18.0. The van der Waals surface area contributed by atoms with Crippen molar-refractivity contribution in [3.63, 3.8) is 0 Å². The van der Waals surface area contributed by atoms with E-state index >= 15 is 0 Å². The van der Waals surface area contributed by atoms with E-state index < -0.39 is 53.8 Å². The van der Waals surface area contributed by atoms with Crippen LogP contribution in [0.3, 0.4) is 0 Å². The number of esters is 4. The van der Waals surface area contributed by atoms with Gasteiger partial charge in [-0.1, -0.05) is 60.7 Å². The molecule has 0 saturated heterocycles. The number of rotatable bonds is 12. The van der Waals surface area contributed by atoms with Gasteiger partial charge in [0.2, 0.25) is 24.8 Å². The Morgan fingerprint density at radius 3 is 1.64 bits per heavy atom. The van der Waals surface area contributed by atoms with Gasteiger partial charge >= 0.3 is 23.9 Å². The van der Waals surface area contributed by atoms with Crippen molar-refractivity contribution in [2.75, 3.05) is 42.3 Å². The van der Waals surface area contributed by atoms with Crippen LogP contribution in [0.5, 0.6) is 28.7 Å². The predicted octanol–water partition coefficient (Wildman–Crippen LogP) is 5.28. The molecule has 13 heteroatoms. The Morgan fingerprint density at radius 2 is 1.15 bits per heavy atom. The molecule has 1 aliphatic carbocycles. The molecule has 0 bridgehead atoms. The summed E-state index contributed by atoms with van der Waals surface area (Å²) in [6.45, 7) is -0.0280. The molecule has 13 nitrogen and oxygen atoms in total. The predicted molar refractivity (Wildman–Crippen MR) is 186 cm³/mol. The monoisotopic (exact) mass is 726 g/mol. The van der Waals surface area contributed by atoms with Crippen molar-refractivity contribution in [1.82, 2.24) is 0 Å². The maximum absolute atomic E-state index is 14.8. The van der Waals surface area contributed by atoms with Gasteiger partial charge in [0.1, 0.15) is 0 Å². The van der Waals surface area contributed by atoms with E-state index in [1.165, 1.54) is 35.5 Å². The van der Waals surface area contributed by atoms with Crippen LogP contribution in [0.15, 0.2) is 84.9 Å². The minimum Gasteiger partial charge on any atom is -0.493 e. The highest BCUT2D eigenvalue weighted by molar-refractivity contribution is 5.89. The third-order valence-corrected chi connectivity index (χ3v) is 9.33. The van der Waals surface area contributed by atoms with Gasteiger partial charge < -0.3 is 42.6 Å². The molecule has 1 aliphatic heterocycles. The molecule has 0 saturated carbocycles. The second-order valence-corrected chi connectivity index (χ2v) is 12.2. The Kier molecular flexibility index (Phi) is 11.0. The second kappa shape index (κ2) is 16.0. The van der Waals surface area contributed by atoms with Crippen LogP contribution in [-0.2, 0) is 44.5 Å². The van der Waals surface area contributed by atoms with E-state index in [0.717, 1.165) is 0 Å². The summed E-state index contributed by atoms with van der Waals surface area (Å²) in [5.74, 6) is -5.30. The Balaban J connectivity index is 1.54. The lowest BCUT2D eigenvalue weighted by molar-refractivity contribution is -0.178. The highest BCUT2D eigenvalue weighted by atomic mass is 16.7. The van der Waals surface area contributed by atoms with E-state index in [1.54, 1.807) is 84.9 Å². The van der Waals surface area contributed by atoms with E-state index in [9.17, 15) is 19.2 Å². The number of fused-ring (bicyclic) bond motifs is 2.